The highest BCUT2D eigenvalue weighted by Crippen LogP contribution is 2.36. The van der Waals surface area contributed by atoms with Gasteiger partial charge in [-0.3, -0.25) is 9.59 Å². The van der Waals surface area contributed by atoms with Crippen LogP contribution in [0.4, 0.5) is 0 Å². The summed E-state index contributed by atoms with van der Waals surface area (Å²) in [6.45, 7) is 2.43. The quantitative estimate of drug-likeness (QED) is 0.621. The van der Waals surface area contributed by atoms with Gasteiger partial charge in [-0.25, -0.2) is 0 Å². The number of hydrogen-bond donors (Lipinski definition) is 1. The van der Waals surface area contributed by atoms with E-state index in [2.05, 4.69) is 36.4 Å². The van der Waals surface area contributed by atoms with Crippen molar-refractivity contribution in [3.63, 3.8) is 0 Å². The minimum absolute atomic E-state index is 0.0599. The molecule has 0 radical (unpaired) electrons. The van der Waals surface area contributed by atoms with Crippen LogP contribution >= 0.6 is 11.3 Å². The average molecular weight is 460 g/mol. The minimum Gasteiger partial charge on any atom is -0.340 e. The summed E-state index contributed by atoms with van der Waals surface area (Å²) in [7, 11) is 0. The standard InChI is InChI=1S/C27H29N3O2S/c28-16-23-11-12-25(33-23)27(32)30-18-22(20-9-5-2-6-10-20)15-24(30)26(31)29-14-13-21(17-29)19-7-3-1-4-8-19/h1-12,21-22,24H,13-18,28H2/t21?,22-,24-/m0/s1. The van der Waals surface area contributed by atoms with Crippen molar-refractivity contribution in [2.24, 2.45) is 5.73 Å². The molecule has 3 atom stereocenters. The number of nitrogens with two attached hydrogens (primary N) is 1. The van der Waals surface area contributed by atoms with Crippen LogP contribution in [-0.2, 0) is 11.3 Å². The summed E-state index contributed by atoms with van der Waals surface area (Å²) in [5.41, 5.74) is 8.22. The molecule has 2 amide bonds. The summed E-state index contributed by atoms with van der Waals surface area (Å²) in [5, 5.41) is 0. The van der Waals surface area contributed by atoms with Crippen molar-refractivity contribution in [3.8, 4) is 0 Å². The normalized spacial score (nSPS) is 22.6. The van der Waals surface area contributed by atoms with E-state index in [1.165, 1.54) is 22.5 Å². The van der Waals surface area contributed by atoms with Crippen molar-refractivity contribution in [2.75, 3.05) is 19.6 Å². The Morgan fingerprint density at radius 2 is 1.55 bits per heavy atom. The van der Waals surface area contributed by atoms with Gasteiger partial charge in [-0.15, -0.1) is 11.3 Å². The zero-order chi connectivity index (χ0) is 22.8. The maximum absolute atomic E-state index is 13.7. The number of likely N-dealkylation sites (tertiary alicyclic amines) is 2. The van der Waals surface area contributed by atoms with Gasteiger partial charge in [-0.2, -0.15) is 0 Å². The van der Waals surface area contributed by atoms with E-state index in [0.717, 1.165) is 17.8 Å². The highest BCUT2D eigenvalue weighted by Gasteiger charge is 2.43. The predicted molar refractivity (Wildman–Crippen MR) is 131 cm³/mol. The lowest BCUT2D eigenvalue weighted by Gasteiger charge is -2.27. The second-order valence-electron chi connectivity index (χ2n) is 8.97. The van der Waals surface area contributed by atoms with Crippen molar-refractivity contribution >= 4 is 23.2 Å². The van der Waals surface area contributed by atoms with Crippen molar-refractivity contribution in [1.29, 1.82) is 0 Å². The molecule has 170 valence electrons. The number of rotatable bonds is 5. The Morgan fingerprint density at radius 1 is 0.879 bits per heavy atom. The van der Waals surface area contributed by atoms with E-state index in [1.54, 1.807) is 0 Å². The third-order valence-corrected chi connectivity index (χ3v) is 8.06. The van der Waals surface area contributed by atoms with E-state index in [-0.39, 0.29) is 17.7 Å². The van der Waals surface area contributed by atoms with Crippen LogP contribution in [0.1, 0.15) is 50.4 Å². The van der Waals surface area contributed by atoms with Crippen LogP contribution < -0.4 is 5.73 Å². The Morgan fingerprint density at radius 3 is 2.18 bits per heavy atom. The van der Waals surface area contributed by atoms with Gasteiger partial charge in [0.25, 0.3) is 5.91 Å². The van der Waals surface area contributed by atoms with Gasteiger partial charge in [0.15, 0.2) is 0 Å². The molecule has 3 heterocycles. The number of carbonyl (C=O) groups excluding carboxylic acids is 2. The largest absolute Gasteiger partial charge is 0.340 e. The van der Waals surface area contributed by atoms with E-state index in [9.17, 15) is 9.59 Å². The Labute approximate surface area is 198 Å². The number of thiophene rings is 1. The lowest BCUT2D eigenvalue weighted by atomic mass is 9.96. The first-order valence-electron chi connectivity index (χ1n) is 11.6. The Bertz CT molecular complexity index is 1110. The van der Waals surface area contributed by atoms with E-state index in [1.807, 2.05) is 46.2 Å². The second-order valence-corrected chi connectivity index (χ2v) is 10.1. The van der Waals surface area contributed by atoms with E-state index < -0.39 is 6.04 Å². The fraction of sp³-hybridized carbons (Fsp3) is 0.333. The van der Waals surface area contributed by atoms with Crippen LogP contribution in [0.5, 0.6) is 0 Å². The molecule has 2 aliphatic rings. The summed E-state index contributed by atoms with van der Waals surface area (Å²) in [6.07, 6.45) is 1.62. The molecule has 2 N–H and O–H groups in total. The third-order valence-electron chi connectivity index (χ3n) is 6.96. The van der Waals surface area contributed by atoms with Gasteiger partial charge < -0.3 is 15.5 Å². The smallest absolute Gasteiger partial charge is 0.264 e. The molecule has 0 saturated carbocycles. The molecule has 2 saturated heterocycles. The van der Waals surface area contributed by atoms with Crippen molar-refractivity contribution in [3.05, 3.63) is 93.7 Å². The molecule has 0 spiro atoms. The SMILES string of the molecule is NCc1ccc(C(=O)N2C[C@@H](c3ccccc3)C[C@H]2C(=O)N2CCC(c3ccccc3)C2)s1. The van der Waals surface area contributed by atoms with E-state index in [4.69, 9.17) is 5.73 Å². The summed E-state index contributed by atoms with van der Waals surface area (Å²) in [5.74, 6) is 0.534. The minimum atomic E-state index is -0.430. The van der Waals surface area contributed by atoms with Gasteiger partial charge in [0, 0.05) is 42.9 Å². The first kappa shape index (κ1) is 21.9. The van der Waals surface area contributed by atoms with E-state index >= 15 is 0 Å². The van der Waals surface area contributed by atoms with Crippen LogP contribution in [0.2, 0.25) is 0 Å². The van der Waals surface area contributed by atoms with Crippen LogP contribution in [0.15, 0.2) is 72.8 Å². The third kappa shape index (κ3) is 4.45. The van der Waals surface area contributed by atoms with Gasteiger partial charge in [-0.1, -0.05) is 60.7 Å². The molecule has 6 heteroatoms. The number of hydrogen-bond acceptors (Lipinski definition) is 4. The van der Waals surface area contributed by atoms with Gasteiger partial charge in [0.05, 0.1) is 4.88 Å². The topological polar surface area (TPSA) is 66.6 Å². The molecule has 33 heavy (non-hydrogen) atoms. The Balaban J connectivity index is 1.37. The van der Waals surface area contributed by atoms with Gasteiger partial charge in [0.2, 0.25) is 5.91 Å². The lowest BCUT2D eigenvalue weighted by Crippen LogP contribution is -2.47. The second kappa shape index (κ2) is 9.49. The fourth-order valence-corrected chi connectivity index (χ4v) is 6.02. The van der Waals surface area contributed by atoms with Crippen LogP contribution in [0.25, 0.3) is 0 Å². The molecule has 2 aromatic carbocycles. The Hall–Kier alpha value is -2.96. The maximum atomic E-state index is 13.7. The fourth-order valence-electron chi connectivity index (χ4n) is 5.17. The monoisotopic (exact) mass is 459 g/mol. The number of carbonyl (C=O) groups is 2. The number of nitrogens with zero attached hydrogens (tertiary/aromatic N) is 2. The summed E-state index contributed by atoms with van der Waals surface area (Å²) >= 11 is 1.43. The molecule has 0 aliphatic carbocycles. The highest BCUT2D eigenvalue weighted by atomic mass is 32.1. The molecular formula is C27H29N3O2S. The summed E-state index contributed by atoms with van der Waals surface area (Å²) in [6, 6.07) is 24.0. The summed E-state index contributed by atoms with van der Waals surface area (Å²) in [4.78, 5) is 32.6. The van der Waals surface area contributed by atoms with Crippen LogP contribution in [-0.4, -0.2) is 47.3 Å². The van der Waals surface area contributed by atoms with Crippen molar-refractivity contribution in [2.45, 2.75) is 37.3 Å². The Kier molecular flexibility index (Phi) is 6.29. The first-order valence-corrected chi connectivity index (χ1v) is 12.4. The van der Waals surface area contributed by atoms with E-state index in [0.29, 0.717) is 36.9 Å². The molecule has 0 bridgehead atoms. The van der Waals surface area contributed by atoms with Gasteiger partial charge >= 0.3 is 0 Å². The van der Waals surface area contributed by atoms with Crippen LogP contribution in [0, 0.1) is 0 Å². The molecule has 2 aliphatic heterocycles. The highest BCUT2D eigenvalue weighted by molar-refractivity contribution is 7.14. The molecule has 2 fully saturated rings. The number of amides is 2. The predicted octanol–water partition coefficient (Wildman–Crippen LogP) is 4.22. The van der Waals surface area contributed by atoms with Crippen LogP contribution in [0.3, 0.4) is 0 Å². The lowest BCUT2D eigenvalue weighted by molar-refractivity contribution is -0.134. The van der Waals surface area contributed by atoms with Crippen molar-refractivity contribution < 1.29 is 9.59 Å². The van der Waals surface area contributed by atoms with Gasteiger partial charge in [0.1, 0.15) is 6.04 Å². The zero-order valence-electron chi connectivity index (χ0n) is 18.6. The molecule has 3 aromatic rings. The average Bonchev–Trinajstić information content (AvgIpc) is 3.64. The molecule has 1 unspecified atom stereocenters. The number of benzene rings is 2. The van der Waals surface area contributed by atoms with Crippen molar-refractivity contribution in [1.82, 2.24) is 9.80 Å². The zero-order valence-corrected chi connectivity index (χ0v) is 19.4. The van der Waals surface area contributed by atoms with Gasteiger partial charge in [-0.05, 0) is 36.1 Å². The molecule has 1 aromatic heterocycles. The summed E-state index contributed by atoms with van der Waals surface area (Å²) < 4.78 is 0. The molecule has 5 nitrogen and oxygen atoms in total. The maximum Gasteiger partial charge on any atom is 0.264 e. The molecule has 5 rings (SSSR count). The first-order chi connectivity index (χ1) is 16.1. The molecular weight excluding hydrogens is 430 g/mol.